The Morgan fingerprint density at radius 2 is 2.00 bits per heavy atom. The van der Waals surface area contributed by atoms with E-state index in [2.05, 4.69) is 5.32 Å². The highest BCUT2D eigenvalue weighted by atomic mass is 16.6. The molecule has 1 saturated heterocycles. The highest BCUT2D eigenvalue weighted by Gasteiger charge is 2.32. The fraction of sp³-hybridized carbons (Fsp3) is 0.300. The molecule has 1 aliphatic heterocycles. The van der Waals surface area contributed by atoms with Gasteiger partial charge in [-0.1, -0.05) is 18.2 Å². The first kappa shape index (κ1) is 17.8. The third-order valence-electron chi connectivity index (χ3n) is 4.52. The highest BCUT2D eigenvalue weighted by molar-refractivity contribution is 5.97. The largest absolute Gasteiger partial charge is 0.496 e. The van der Waals surface area contributed by atoms with Gasteiger partial charge in [0.1, 0.15) is 11.9 Å². The van der Waals surface area contributed by atoms with E-state index in [1.807, 2.05) is 32.0 Å². The van der Waals surface area contributed by atoms with Crippen LogP contribution in [-0.2, 0) is 4.74 Å². The third-order valence-corrected chi connectivity index (χ3v) is 4.52. The van der Waals surface area contributed by atoms with E-state index in [9.17, 15) is 9.59 Å². The van der Waals surface area contributed by atoms with Gasteiger partial charge in [-0.15, -0.1) is 0 Å². The minimum atomic E-state index is -0.400. The number of nitrogens with one attached hydrogen (secondary N) is 1. The second-order valence-corrected chi connectivity index (χ2v) is 6.30. The maximum absolute atomic E-state index is 12.4. The van der Waals surface area contributed by atoms with Gasteiger partial charge in [0.25, 0.3) is 5.91 Å². The number of ether oxygens (including phenoxy) is 2. The highest BCUT2D eigenvalue weighted by Crippen LogP contribution is 2.24. The summed E-state index contributed by atoms with van der Waals surface area (Å²) < 4.78 is 10.6. The Bertz CT molecular complexity index is 834. The van der Waals surface area contributed by atoms with E-state index in [1.54, 1.807) is 29.2 Å². The van der Waals surface area contributed by atoms with Crippen molar-refractivity contribution in [2.75, 3.05) is 25.1 Å². The van der Waals surface area contributed by atoms with Crippen molar-refractivity contribution >= 4 is 17.7 Å². The summed E-state index contributed by atoms with van der Waals surface area (Å²) >= 11 is 0. The topological polar surface area (TPSA) is 67.9 Å². The monoisotopic (exact) mass is 354 g/mol. The molecule has 2 aromatic carbocycles. The number of hydrogen-bond donors (Lipinski definition) is 1. The number of cyclic esters (lactones) is 1. The summed E-state index contributed by atoms with van der Waals surface area (Å²) in [5.41, 5.74) is 3.53. The van der Waals surface area contributed by atoms with Crippen LogP contribution in [0.1, 0.15) is 21.5 Å². The van der Waals surface area contributed by atoms with Crippen LogP contribution in [0.5, 0.6) is 5.75 Å². The Morgan fingerprint density at radius 1 is 1.23 bits per heavy atom. The molecule has 26 heavy (non-hydrogen) atoms. The van der Waals surface area contributed by atoms with Gasteiger partial charge in [-0.05, 0) is 49.2 Å². The summed E-state index contributed by atoms with van der Waals surface area (Å²) in [5.74, 6) is 0.244. The fourth-order valence-electron chi connectivity index (χ4n) is 2.87. The van der Waals surface area contributed by atoms with Crippen LogP contribution in [0.25, 0.3) is 0 Å². The summed E-state index contributed by atoms with van der Waals surface area (Å²) in [5, 5.41) is 2.81. The molecule has 1 unspecified atom stereocenters. The molecule has 0 spiro atoms. The number of benzene rings is 2. The lowest BCUT2D eigenvalue weighted by molar-refractivity contribution is 0.0913. The van der Waals surface area contributed by atoms with Gasteiger partial charge in [0.05, 0.1) is 25.8 Å². The van der Waals surface area contributed by atoms with Crippen LogP contribution in [0.2, 0.25) is 0 Å². The molecule has 0 aliphatic carbocycles. The molecule has 0 saturated carbocycles. The number of methoxy groups -OCH3 is 1. The molecule has 136 valence electrons. The minimum absolute atomic E-state index is 0.240. The van der Waals surface area contributed by atoms with E-state index in [4.69, 9.17) is 9.47 Å². The van der Waals surface area contributed by atoms with Crippen molar-refractivity contribution in [2.45, 2.75) is 20.0 Å². The number of nitrogens with zero attached hydrogens (tertiary/aromatic N) is 1. The van der Waals surface area contributed by atoms with Gasteiger partial charge in [-0.25, -0.2) is 4.79 Å². The van der Waals surface area contributed by atoms with E-state index >= 15 is 0 Å². The number of aryl methyl sites for hydroxylation is 2. The van der Waals surface area contributed by atoms with Crippen LogP contribution in [-0.4, -0.2) is 38.3 Å². The van der Waals surface area contributed by atoms with Crippen molar-refractivity contribution in [3.63, 3.8) is 0 Å². The van der Waals surface area contributed by atoms with Crippen molar-refractivity contribution in [1.29, 1.82) is 0 Å². The van der Waals surface area contributed by atoms with E-state index in [0.29, 0.717) is 17.9 Å². The molecule has 6 heteroatoms. The van der Waals surface area contributed by atoms with Gasteiger partial charge in [0, 0.05) is 5.69 Å². The second-order valence-electron chi connectivity index (χ2n) is 6.30. The molecule has 1 fully saturated rings. The Morgan fingerprint density at radius 3 is 2.73 bits per heavy atom. The average molecular weight is 354 g/mol. The summed E-state index contributed by atoms with van der Waals surface area (Å²) in [7, 11) is 1.52. The SMILES string of the molecule is COc1ccccc1C(=O)NCC1CN(c2ccc(C)c(C)c2)C(=O)O1. The van der Waals surface area contributed by atoms with Gasteiger partial charge in [0.15, 0.2) is 0 Å². The number of anilines is 1. The summed E-state index contributed by atoms with van der Waals surface area (Å²) in [4.78, 5) is 26.1. The molecule has 0 bridgehead atoms. The zero-order valence-electron chi connectivity index (χ0n) is 15.1. The van der Waals surface area contributed by atoms with Crippen LogP contribution in [0.4, 0.5) is 10.5 Å². The molecule has 3 rings (SSSR count). The lowest BCUT2D eigenvalue weighted by Gasteiger charge is -2.15. The summed E-state index contributed by atoms with van der Waals surface area (Å²) in [6, 6.07) is 12.8. The first-order valence-electron chi connectivity index (χ1n) is 8.46. The number of amides is 2. The van der Waals surface area contributed by atoms with Crippen molar-refractivity contribution in [3.8, 4) is 5.75 Å². The molecule has 6 nitrogen and oxygen atoms in total. The van der Waals surface area contributed by atoms with Crippen molar-refractivity contribution in [2.24, 2.45) is 0 Å². The molecule has 1 aliphatic rings. The fourth-order valence-corrected chi connectivity index (χ4v) is 2.87. The molecule has 0 radical (unpaired) electrons. The molecule has 1 atom stereocenters. The van der Waals surface area contributed by atoms with Crippen LogP contribution in [0.3, 0.4) is 0 Å². The maximum Gasteiger partial charge on any atom is 0.414 e. The Labute approximate surface area is 152 Å². The normalized spacial score (nSPS) is 16.3. The molecule has 2 aromatic rings. The molecule has 1 N–H and O–H groups in total. The Kier molecular flexibility index (Phi) is 5.11. The zero-order valence-corrected chi connectivity index (χ0v) is 15.1. The van der Waals surface area contributed by atoms with Gasteiger partial charge in [-0.2, -0.15) is 0 Å². The lowest BCUT2D eigenvalue weighted by atomic mass is 10.1. The first-order chi connectivity index (χ1) is 12.5. The minimum Gasteiger partial charge on any atom is -0.496 e. The van der Waals surface area contributed by atoms with Gasteiger partial charge in [0.2, 0.25) is 0 Å². The lowest BCUT2D eigenvalue weighted by Crippen LogP contribution is -2.34. The molecular formula is C20H22N2O4. The van der Waals surface area contributed by atoms with E-state index < -0.39 is 12.2 Å². The zero-order chi connectivity index (χ0) is 18.7. The molecule has 0 aromatic heterocycles. The molecular weight excluding hydrogens is 332 g/mol. The number of hydrogen-bond acceptors (Lipinski definition) is 4. The second kappa shape index (κ2) is 7.47. The number of carbonyl (C=O) groups is 2. The van der Waals surface area contributed by atoms with Crippen LogP contribution in [0.15, 0.2) is 42.5 Å². The predicted octanol–water partition coefficient (Wildman–Crippen LogP) is 3.07. The summed E-state index contributed by atoms with van der Waals surface area (Å²) in [6.45, 7) is 4.67. The van der Waals surface area contributed by atoms with Gasteiger partial charge in [-0.3, -0.25) is 9.69 Å². The molecule has 2 amide bonds. The van der Waals surface area contributed by atoms with Gasteiger partial charge < -0.3 is 14.8 Å². The number of rotatable bonds is 5. The van der Waals surface area contributed by atoms with E-state index in [-0.39, 0.29) is 12.5 Å². The third kappa shape index (κ3) is 3.64. The van der Waals surface area contributed by atoms with E-state index in [1.165, 1.54) is 12.7 Å². The quantitative estimate of drug-likeness (QED) is 0.896. The van der Waals surface area contributed by atoms with Crippen LogP contribution < -0.4 is 15.0 Å². The summed E-state index contributed by atoms with van der Waals surface area (Å²) in [6.07, 6.45) is -0.799. The number of para-hydroxylation sites is 1. The van der Waals surface area contributed by atoms with Crippen LogP contribution in [0, 0.1) is 13.8 Å². The van der Waals surface area contributed by atoms with Crippen molar-refractivity contribution in [3.05, 3.63) is 59.2 Å². The Hall–Kier alpha value is -3.02. The first-order valence-corrected chi connectivity index (χ1v) is 8.46. The van der Waals surface area contributed by atoms with Crippen molar-refractivity contribution < 1.29 is 19.1 Å². The average Bonchev–Trinajstić information content (AvgIpc) is 3.02. The van der Waals surface area contributed by atoms with Gasteiger partial charge >= 0.3 is 6.09 Å². The van der Waals surface area contributed by atoms with Crippen molar-refractivity contribution in [1.82, 2.24) is 5.32 Å². The standard InChI is InChI=1S/C20H22N2O4/c1-13-8-9-15(10-14(13)2)22-12-16(26-20(22)24)11-21-19(23)17-6-4-5-7-18(17)25-3/h4-10,16H,11-12H2,1-3H3,(H,21,23). The predicted molar refractivity (Wildman–Crippen MR) is 98.9 cm³/mol. The smallest absolute Gasteiger partial charge is 0.414 e. The number of carbonyl (C=O) groups excluding carboxylic acids is 2. The van der Waals surface area contributed by atoms with E-state index in [0.717, 1.165) is 11.3 Å². The van der Waals surface area contributed by atoms with Crippen LogP contribution >= 0.6 is 0 Å². The molecule has 1 heterocycles. The maximum atomic E-state index is 12.4. The Balaban J connectivity index is 1.62.